The lowest BCUT2D eigenvalue weighted by atomic mass is 9.95. The van der Waals surface area contributed by atoms with E-state index in [9.17, 15) is 15.2 Å². The van der Waals surface area contributed by atoms with Gasteiger partial charge in [0.05, 0.1) is 6.61 Å². The number of aliphatic hydroxyl groups is 1. The highest BCUT2D eigenvalue weighted by Crippen LogP contribution is 2.23. The molecular formula is C20H26N2O3. The van der Waals surface area contributed by atoms with Crippen molar-refractivity contribution in [2.24, 2.45) is 5.92 Å². The zero-order chi connectivity index (χ0) is 18.1. The molecule has 1 aliphatic rings. The Morgan fingerprint density at radius 2 is 2.04 bits per heavy atom. The maximum Gasteiger partial charge on any atom is 0.262 e. The SMILES string of the molecule is CCOc1ccc(/C=C(/C#N)C(=O)NC2CCCCCC2CO)cc1. The van der Waals surface area contributed by atoms with Crippen LogP contribution in [0, 0.1) is 17.2 Å². The molecule has 134 valence electrons. The molecule has 2 atom stereocenters. The number of aliphatic hydroxyl groups excluding tert-OH is 1. The van der Waals surface area contributed by atoms with Gasteiger partial charge in [0.25, 0.3) is 5.91 Å². The number of amides is 1. The molecule has 1 saturated carbocycles. The van der Waals surface area contributed by atoms with Crippen molar-refractivity contribution < 1.29 is 14.6 Å². The van der Waals surface area contributed by atoms with Gasteiger partial charge in [-0.3, -0.25) is 4.79 Å². The normalized spacial score (nSPS) is 21.1. The van der Waals surface area contributed by atoms with Gasteiger partial charge in [0.2, 0.25) is 0 Å². The van der Waals surface area contributed by atoms with Crippen LogP contribution in [-0.4, -0.2) is 30.3 Å². The van der Waals surface area contributed by atoms with Gasteiger partial charge >= 0.3 is 0 Å². The minimum Gasteiger partial charge on any atom is -0.494 e. The fraction of sp³-hybridized carbons (Fsp3) is 0.500. The van der Waals surface area contributed by atoms with Crippen LogP contribution in [0.25, 0.3) is 6.08 Å². The van der Waals surface area contributed by atoms with E-state index in [1.54, 1.807) is 6.08 Å². The van der Waals surface area contributed by atoms with Crippen LogP contribution >= 0.6 is 0 Å². The van der Waals surface area contributed by atoms with Gasteiger partial charge in [0.15, 0.2) is 0 Å². The molecule has 1 aromatic rings. The van der Waals surface area contributed by atoms with E-state index >= 15 is 0 Å². The van der Waals surface area contributed by atoms with E-state index in [0.717, 1.165) is 43.4 Å². The molecule has 1 aliphatic carbocycles. The molecule has 25 heavy (non-hydrogen) atoms. The molecule has 0 saturated heterocycles. The number of nitrogens with one attached hydrogen (secondary N) is 1. The maximum absolute atomic E-state index is 12.5. The van der Waals surface area contributed by atoms with Gasteiger partial charge in [0, 0.05) is 18.6 Å². The molecule has 0 bridgehead atoms. The van der Waals surface area contributed by atoms with Crippen LogP contribution in [0.4, 0.5) is 0 Å². The van der Waals surface area contributed by atoms with Gasteiger partial charge in [-0.15, -0.1) is 0 Å². The number of nitriles is 1. The zero-order valence-electron chi connectivity index (χ0n) is 14.7. The molecule has 5 nitrogen and oxygen atoms in total. The van der Waals surface area contributed by atoms with E-state index in [1.165, 1.54) is 0 Å². The number of rotatable bonds is 6. The summed E-state index contributed by atoms with van der Waals surface area (Å²) >= 11 is 0. The Hall–Kier alpha value is -2.32. The lowest BCUT2D eigenvalue weighted by Gasteiger charge is -2.24. The minimum absolute atomic E-state index is 0.0649. The van der Waals surface area contributed by atoms with Gasteiger partial charge in [-0.1, -0.05) is 31.4 Å². The van der Waals surface area contributed by atoms with Crippen molar-refractivity contribution in [3.8, 4) is 11.8 Å². The molecule has 2 unspecified atom stereocenters. The highest BCUT2D eigenvalue weighted by molar-refractivity contribution is 6.01. The standard InChI is InChI=1S/C20H26N2O3/c1-2-25-18-10-8-15(9-11-18)12-17(13-21)20(24)22-19-7-5-3-4-6-16(19)14-23/h8-12,16,19,23H,2-7,14H2,1H3,(H,22,24)/b17-12-. The average Bonchev–Trinajstić information content (AvgIpc) is 2.86. The number of hydrogen-bond donors (Lipinski definition) is 2. The van der Waals surface area contributed by atoms with Crippen LogP contribution in [0.1, 0.15) is 44.6 Å². The van der Waals surface area contributed by atoms with Gasteiger partial charge in [-0.25, -0.2) is 0 Å². The smallest absolute Gasteiger partial charge is 0.262 e. The van der Waals surface area contributed by atoms with Crippen LogP contribution in [0.3, 0.4) is 0 Å². The predicted molar refractivity (Wildman–Crippen MR) is 96.8 cm³/mol. The molecule has 1 aromatic carbocycles. The van der Waals surface area contributed by atoms with E-state index < -0.39 is 0 Å². The second-order valence-corrected chi connectivity index (χ2v) is 6.33. The summed E-state index contributed by atoms with van der Waals surface area (Å²) < 4.78 is 5.39. The molecule has 0 aromatic heterocycles. The van der Waals surface area contributed by atoms with Gasteiger partial charge in [-0.2, -0.15) is 5.26 Å². The van der Waals surface area contributed by atoms with Crippen molar-refractivity contribution in [3.05, 3.63) is 35.4 Å². The van der Waals surface area contributed by atoms with Gasteiger partial charge < -0.3 is 15.2 Å². The highest BCUT2D eigenvalue weighted by Gasteiger charge is 2.25. The topological polar surface area (TPSA) is 82.3 Å². The summed E-state index contributed by atoms with van der Waals surface area (Å²) in [5, 5.41) is 21.9. The number of carbonyl (C=O) groups is 1. The molecule has 2 N–H and O–H groups in total. The minimum atomic E-state index is -0.373. The summed E-state index contributed by atoms with van der Waals surface area (Å²) in [5.41, 5.74) is 0.847. The van der Waals surface area contributed by atoms with Crippen molar-refractivity contribution in [3.63, 3.8) is 0 Å². The summed E-state index contributed by atoms with van der Waals surface area (Å²) in [6.45, 7) is 2.57. The predicted octanol–water partition coefficient (Wildman–Crippen LogP) is 3.05. The number of nitrogens with zero attached hydrogens (tertiary/aromatic N) is 1. The van der Waals surface area contributed by atoms with E-state index in [-0.39, 0.29) is 30.0 Å². The van der Waals surface area contributed by atoms with E-state index in [2.05, 4.69) is 5.32 Å². The van der Waals surface area contributed by atoms with Crippen molar-refractivity contribution in [2.45, 2.75) is 45.1 Å². The number of ether oxygens (including phenoxy) is 1. The van der Waals surface area contributed by atoms with E-state index in [1.807, 2.05) is 37.3 Å². The van der Waals surface area contributed by atoms with E-state index in [0.29, 0.717) is 6.61 Å². The summed E-state index contributed by atoms with van der Waals surface area (Å²) in [4.78, 5) is 12.5. The Morgan fingerprint density at radius 3 is 2.68 bits per heavy atom. The fourth-order valence-electron chi connectivity index (χ4n) is 3.18. The van der Waals surface area contributed by atoms with Crippen LogP contribution in [0.5, 0.6) is 5.75 Å². The van der Waals surface area contributed by atoms with Crippen molar-refractivity contribution >= 4 is 12.0 Å². The first-order chi connectivity index (χ1) is 12.2. The molecule has 2 rings (SSSR count). The third kappa shape index (κ3) is 5.61. The largest absolute Gasteiger partial charge is 0.494 e. The molecular weight excluding hydrogens is 316 g/mol. The summed E-state index contributed by atoms with van der Waals surface area (Å²) in [6, 6.07) is 9.18. The number of carbonyl (C=O) groups excluding carboxylic acids is 1. The summed E-state index contributed by atoms with van der Waals surface area (Å²) in [6.07, 6.45) is 6.56. The third-order valence-corrected chi connectivity index (χ3v) is 4.58. The van der Waals surface area contributed by atoms with Gasteiger partial charge in [0.1, 0.15) is 17.4 Å². The molecule has 1 fully saturated rings. The fourth-order valence-corrected chi connectivity index (χ4v) is 3.18. The number of hydrogen-bond acceptors (Lipinski definition) is 4. The van der Waals surface area contributed by atoms with Crippen molar-refractivity contribution in [1.29, 1.82) is 5.26 Å². The summed E-state index contributed by atoms with van der Waals surface area (Å²) in [7, 11) is 0. The molecule has 5 heteroatoms. The maximum atomic E-state index is 12.5. The Balaban J connectivity index is 2.07. The zero-order valence-corrected chi connectivity index (χ0v) is 14.7. The first-order valence-electron chi connectivity index (χ1n) is 8.94. The average molecular weight is 342 g/mol. The second kappa shape index (κ2) is 9.85. The second-order valence-electron chi connectivity index (χ2n) is 6.33. The van der Waals surface area contributed by atoms with Gasteiger partial charge in [-0.05, 0) is 43.5 Å². The Bertz CT molecular complexity index is 631. The third-order valence-electron chi connectivity index (χ3n) is 4.58. The van der Waals surface area contributed by atoms with Crippen LogP contribution in [0.15, 0.2) is 29.8 Å². The Morgan fingerprint density at radius 1 is 1.32 bits per heavy atom. The van der Waals surface area contributed by atoms with Crippen LogP contribution in [-0.2, 0) is 4.79 Å². The Kier molecular flexibility index (Phi) is 7.49. The van der Waals surface area contributed by atoms with Crippen molar-refractivity contribution in [1.82, 2.24) is 5.32 Å². The number of benzene rings is 1. The van der Waals surface area contributed by atoms with E-state index in [4.69, 9.17) is 4.74 Å². The first kappa shape index (κ1) is 19.0. The van der Waals surface area contributed by atoms with Crippen LogP contribution in [0.2, 0.25) is 0 Å². The molecule has 0 heterocycles. The summed E-state index contributed by atoms with van der Waals surface area (Å²) in [5.74, 6) is 0.449. The molecule has 0 aliphatic heterocycles. The first-order valence-corrected chi connectivity index (χ1v) is 8.94. The molecule has 1 amide bonds. The molecule has 0 radical (unpaired) electrons. The highest BCUT2D eigenvalue weighted by atomic mass is 16.5. The monoisotopic (exact) mass is 342 g/mol. The quantitative estimate of drug-likeness (QED) is 0.473. The van der Waals surface area contributed by atoms with Crippen LogP contribution < -0.4 is 10.1 Å². The lowest BCUT2D eigenvalue weighted by molar-refractivity contribution is -0.118. The molecule has 0 spiro atoms. The van der Waals surface area contributed by atoms with Crippen molar-refractivity contribution in [2.75, 3.05) is 13.2 Å². The Labute approximate surface area is 149 Å². The lowest BCUT2D eigenvalue weighted by Crippen LogP contribution is -2.41.